The summed E-state index contributed by atoms with van der Waals surface area (Å²) in [6.45, 7) is 7.91. The summed E-state index contributed by atoms with van der Waals surface area (Å²) >= 11 is 0. The third kappa shape index (κ3) is 19.6. The van der Waals surface area contributed by atoms with Gasteiger partial charge in [0.15, 0.2) is 0 Å². The molecule has 3 nitrogen and oxygen atoms in total. The lowest BCUT2D eigenvalue weighted by atomic mass is 10.0. The predicted molar refractivity (Wildman–Crippen MR) is 107 cm³/mol. The molecule has 0 bridgehead atoms. The first-order valence-electron chi connectivity index (χ1n) is 10.7. The minimum absolute atomic E-state index is 0.158. The number of rotatable bonds is 16. The van der Waals surface area contributed by atoms with E-state index in [1.165, 1.54) is 64.2 Å². The molecule has 150 valence electrons. The molecule has 0 radical (unpaired) electrons. The van der Waals surface area contributed by atoms with Gasteiger partial charge >= 0.3 is 5.97 Å². The standard InChI is InChI=1S/C22H44O3/c1-5-6-7-8-9-10-11-12-13-14-15-17-20(23)18-16-19-21(24)25-22(2,3)4/h20,23H,5-19H2,1-4H3. The SMILES string of the molecule is CCCCCCCCCCCCCC(O)CCCC(=O)OC(C)(C)C. The molecule has 1 N–H and O–H groups in total. The Hall–Kier alpha value is -0.570. The highest BCUT2D eigenvalue weighted by Crippen LogP contribution is 2.15. The van der Waals surface area contributed by atoms with Gasteiger partial charge in [-0.15, -0.1) is 0 Å². The van der Waals surface area contributed by atoms with Crippen molar-refractivity contribution in [3.8, 4) is 0 Å². The van der Waals surface area contributed by atoms with Crippen LogP contribution >= 0.6 is 0 Å². The van der Waals surface area contributed by atoms with E-state index in [0.29, 0.717) is 19.3 Å². The zero-order valence-electron chi connectivity index (χ0n) is 17.4. The third-order valence-electron chi connectivity index (χ3n) is 4.48. The summed E-state index contributed by atoms with van der Waals surface area (Å²) in [6, 6.07) is 0. The monoisotopic (exact) mass is 356 g/mol. The Labute approximate surface area is 156 Å². The van der Waals surface area contributed by atoms with Crippen LogP contribution in [0.2, 0.25) is 0 Å². The molecule has 25 heavy (non-hydrogen) atoms. The number of carbonyl (C=O) groups is 1. The quantitative estimate of drug-likeness (QED) is 0.251. The summed E-state index contributed by atoms with van der Waals surface area (Å²) < 4.78 is 5.27. The van der Waals surface area contributed by atoms with E-state index in [-0.39, 0.29) is 12.1 Å². The molecular formula is C22H44O3. The van der Waals surface area contributed by atoms with Gasteiger partial charge in [0.1, 0.15) is 5.60 Å². The average molecular weight is 357 g/mol. The van der Waals surface area contributed by atoms with Crippen molar-refractivity contribution in [2.24, 2.45) is 0 Å². The maximum Gasteiger partial charge on any atom is 0.306 e. The van der Waals surface area contributed by atoms with E-state index in [9.17, 15) is 9.90 Å². The Bertz CT molecular complexity index is 307. The lowest BCUT2D eigenvalue weighted by molar-refractivity contribution is -0.155. The second-order valence-corrected chi connectivity index (χ2v) is 8.46. The van der Waals surface area contributed by atoms with Gasteiger partial charge in [-0.05, 0) is 40.0 Å². The van der Waals surface area contributed by atoms with E-state index in [1.54, 1.807) is 0 Å². The second-order valence-electron chi connectivity index (χ2n) is 8.46. The lowest BCUT2D eigenvalue weighted by Gasteiger charge is -2.19. The number of hydrogen-bond donors (Lipinski definition) is 1. The van der Waals surface area contributed by atoms with Crippen LogP contribution < -0.4 is 0 Å². The van der Waals surface area contributed by atoms with Gasteiger partial charge in [0.2, 0.25) is 0 Å². The van der Waals surface area contributed by atoms with Crippen molar-refractivity contribution in [2.45, 2.75) is 136 Å². The third-order valence-corrected chi connectivity index (χ3v) is 4.48. The Morgan fingerprint density at radius 3 is 1.72 bits per heavy atom. The molecule has 0 saturated heterocycles. The minimum atomic E-state index is -0.412. The lowest BCUT2D eigenvalue weighted by Crippen LogP contribution is -2.23. The molecule has 0 spiro atoms. The minimum Gasteiger partial charge on any atom is -0.460 e. The second kappa shape index (κ2) is 15.7. The van der Waals surface area contributed by atoms with Crippen LogP contribution in [-0.4, -0.2) is 22.8 Å². The van der Waals surface area contributed by atoms with E-state index >= 15 is 0 Å². The van der Waals surface area contributed by atoms with Gasteiger partial charge in [-0.1, -0.05) is 77.6 Å². The Morgan fingerprint density at radius 1 is 0.800 bits per heavy atom. The molecule has 0 aliphatic heterocycles. The summed E-state index contributed by atoms with van der Waals surface area (Å²) in [5.41, 5.74) is -0.412. The highest BCUT2D eigenvalue weighted by atomic mass is 16.6. The molecule has 1 unspecified atom stereocenters. The van der Waals surface area contributed by atoms with E-state index in [1.807, 2.05) is 20.8 Å². The van der Waals surface area contributed by atoms with Crippen LogP contribution in [0.4, 0.5) is 0 Å². The van der Waals surface area contributed by atoms with Gasteiger partial charge in [0.05, 0.1) is 6.10 Å². The van der Waals surface area contributed by atoms with Crippen molar-refractivity contribution in [1.82, 2.24) is 0 Å². The van der Waals surface area contributed by atoms with Crippen molar-refractivity contribution in [1.29, 1.82) is 0 Å². The summed E-state index contributed by atoms with van der Waals surface area (Å²) in [7, 11) is 0. The molecule has 0 aromatic heterocycles. The highest BCUT2D eigenvalue weighted by Gasteiger charge is 2.16. The summed E-state index contributed by atoms with van der Waals surface area (Å²) in [5.74, 6) is -0.158. The molecular weight excluding hydrogens is 312 g/mol. The molecule has 0 rings (SSSR count). The number of carbonyl (C=O) groups excluding carboxylic acids is 1. The number of aliphatic hydroxyl groups excluding tert-OH is 1. The van der Waals surface area contributed by atoms with Crippen LogP contribution in [-0.2, 0) is 9.53 Å². The van der Waals surface area contributed by atoms with Crippen molar-refractivity contribution < 1.29 is 14.6 Å². The fraction of sp³-hybridized carbons (Fsp3) is 0.955. The number of esters is 1. The first-order valence-corrected chi connectivity index (χ1v) is 10.7. The first-order chi connectivity index (χ1) is 11.8. The molecule has 0 heterocycles. The van der Waals surface area contributed by atoms with Gasteiger partial charge in [0.25, 0.3) is 0 Å². The molecule has 0 fully saturated rings. The topological polar surface area (TPSA) is 46.5 Å². The zero-order chi connectivity index (χ0) is 19.0. The molecule has 0 aromatic carbocycles. The summed E-state index contributed by atoms with van der Waals surface area (Å²) in [6.07, 6.45) is 17.1. The molecule has 0 aromatic rings. The van der Waals surface area contributed by atoms with E-state index in [4.69, 9.17) is 4.74 Å². The van der Waals surface area contributed by atoms with Crippen LogP contribution in [0.15, 0.2) is 0 Å². The Morgan fingerprint density at radius 2 is 1.24 bits per heavy atom. The van der Waals surface area contributed by atoms with Crippen LogP contribution in [0.1, 0.15) is 124 Å². The fourth-order valence-electron chi connectivity index (χ4n) is 3.06. The summed E-state index contributed by atoms with van der Waals surface area (Å²) in [4.78, 5) is 11.6. The molecule has 0 saturated carbocycles. The largest absolute Gasteiger partial charge is 0.460 e. The molecule has 1 atom stereocenters. The van der Waals surface area contributed by atoms with E-state index < -0.39 is 5.60 Å². The number of unbranched alkanes of at least 4 members (excludes halogenated alkanes) is 10. The molecule has 0 aliphatic rings. The normalized spacial score (nSPS) is 13.0. The Kier molecular flexibility index (Phi) is 15.3. The maximum absolute atomic E-state index is 11.6. The molecule has 0 amide bonds. The fourth-order valence-corrected chi connectivity index (χ4v) is 3.06. The highest BCUT2D eigenvalue weighted by molar-refractivity contribution is 5.69. The summed E-state index contributed by atoms with van der Waals surface area (Å²) in [5, 5.41) is 9.99. The van der Waals surface area contributed by atoms with Crippen molar-refractivity contribution in [3.63, 3.8) is 0 Å². The first kappa shape index (κ1) is 24.4. The van der Waals surface area contributed by atoms with Gasteiger partial charge in [-0.2, -0.15) is 0 Å². The molecule has 3 heteroatoms. The smallest absolute Gasteiger partial charge is 0.306 e. The van der Waals surface area contributed by atoms with Crippen LogP contribution in [0.3, 0.4) is 0 Å². The van der Waals surface area contributed by atoms with Crippen molar-refractivity contribution >= 4 is 5.97 Å². The number of ether oxygens (including phenoxy) is 1. The average Bonchev–Trinajstić information content (AvgIpc) is 2.51. The molecule has 0 aliphatic carbocycles. The zero-order valence-corrected chi connectivity index (χ0v) is 17.4. The number of hydrogen-bond acceptors (Lipinski definition) is 3. The van der Waals surface area contributed by atoms with Crippen molar-refractivity contribution in [2.75, 3.05) is 0 Å². The van der Waals surface area contributed by atoms with E-state index in [0.717, 1.165) is 12.8 Å². The van der Waals surface area contributed by atoms with Gasteiger partial charge in [-0.3, -0.25) is 4.79 Å². The van der Waals surface area contributed by atoms with Gasteiger partial charge < -0.3 is 9.84 Å². The Balaban J connectivity index is 3.33. The van der Waals surface area contributed by atoms with Crippen LogP contribution in [0.25, 0.3) is 0 Å². The van der Waals surface area contributed by atoms with Gasteiger partial charge in [0, 0.05) is 6.42 Å². The predicted octanol–water partition coefficient (Wildman–Crippen LogP) is 6.56. The van der Waals surface area contributed by atoms with Crippen LogP contribution in [0.5, 0.6) is 0 Å². The number of aliphatic hydroxyl groups is 1. The maximum atomic E-state index is 11.6. The van der Waals surface area contributed by atoms with E-state index in [2.05, 4.69) is 6.92 Å². The van der Waals surface area contributed by atoms with Crippen LogP contribution in [0, 0.1) is 0 Å². The van der Waals surface area contributed by atoms with Crippen molar-refractivity contribution in [3.05, 3.63) is 0 Å². The van der Waals surface area contributed by atoms with Gasteiger partial charge in [-0.25, -0.2) is 0 Å².